The minimum atomic E-state index is -0.219. The number of rotatable bonds is 3. The molecule has 124 valence electrons. The van der Waals surface area contributed by atoms with Gasteiger partial charge in [0.2, 0.25) is 0 Å². The Bertz CT molecular complexity index is 928. The summed E-state index contributed by atoms with van der Waals surface area (Å²) in [4.78, 5) is 13.4. The van der Waals surface area contributed by atoms with Crippen LogP contribution in [0.4, 0.5) is 5.69 Å². The number of hydrogen-bond acceptors (Lipinski definition) is 4. The molecule has 4 rings (SSSR count). The van der Waals surface area contributed by atoms with Crippen LogP contribution in [0.2, 0.25) is 0 Å². The number of fused-ring (bicyclic) bond motifs is 1. The van der Waals surface area contributed by atoms with Crippen molar-refractivity contribution < 1.29 is 9.53 Å². The van der Waals surface area contributed by atoms with E-state index in [9.17, 15) is 4.79 Å². The van der Waals surface area contributed by atoms with Gasteiger partial charge in [0.1, 0.15) is 16.9 Å². The van der Waals surface area contributed by atoms with Crippen LogP contribution in [0.15, 0.2) is 77.7 Å². The van der Waals surface area contributed by atoms with Crippen molar-refractivity contribution in [3.63, 3.8) is 0 Å². The Balaban J connectivity index is 1.67. The fourth-order valence-electron chi connectivity index (χ4n) is 2.73. The van der Waals surface area contributed by atoms with Crippen molar-refractivity contribution in [1.82, 2.24) is 5.32 Å². The summed E-state index contributed by atoms with van der Waals surface area (Å²) in [5.74, 6) is 1.36. The topological polar surface area (TPSA) is 64.4 Å². The van der Waals surface area contributed by atoms with E-state index in [1.807, 2.05) is 66.7 Å². The first-order valence-electron chi connectivity index (χ1n) is 7.89. The highest BCUT2D eigenvalue weighted by Gasteiger charge is 2.28. The number of nitrogens with two attached hydrogens (primary N) is 1. The van der Waals surface area contributed by atoms with Crippen molar-refractivity contribution in [3.8, 4) is 11.5 Å². The fourth-order valence-corrected chi connectivity index (χ4v) is 3.89. The second-order valence-electron chi connectivity index (χ2n) is 5.68. The highest BCUT2D eigenvalue weighted by Crippen LogP contribution is 2.43. The number of benzene rings is 3. The Kier molecular flexibility index (Phi) is 4.07. The lowest BCUT2D eigenvalue weighted by Crippen LogP contribution is -2.31. The summed E-state index contributed by atoms with van der Waals surface area (Å²) in [6.07, 6.45) is 0. The normalized spacial score (nSPS) is 16.0. The van der Waals surface area contributed by atoms with E-state index in [0.717, 1.165) is 22.0 Å². The van der Waals surface area contributed by atoms with Gasteiger partial charge in [-0.3, -0.25) is 4.79 Å². The number of amides is 1. The van der Waals surface area contributed by atoms with Gasteiger partial charge < -0.3 is 15.8 Å². The molecule has 0 aromatic heterocycles. The van der Waals surface area contributed by atoms with Gasteiger partial charge in [0.05, 0.1) is 5.56 Å². The van der Waals surface area contributed by atoms with Gasteiger partial charge >= 0.3 is 0 Å². The van der Waals surface area contributed by atoms with E-state index >= 15 is 0 Å². The number of thioether (sulfide) groups is 1. The van der Waals surface area contributed by atoms with Crippen molar-refractivity contribution in [2.45, 2.75) is 10.3 Å². The lowest BCUT2D eigenvalue weighted by atomic mass is 10.1. The van der Waals surface area contributed by atoms with E-state index in [1.165, 1.54) is 0 Å². The predicted octanol–water partition coefficient (Wildman–Crippen LogP) is 4.60. The highest BCUT2D eigenvalue weighted by atomic mass is 32.2. The van der Waals surface area contributed by atoms with Crippen LogP contribution in [-0.4, -0.2) is 5.91 Å². The molecule has 1 amide bonds. The average Bonchev–Trinajstić information content (AvgIpc) is 2.63. The largest absolute Gasteiger partial charge is 0.457 e. The maximum Gasteiger partial charge on any atom is 0.253 e. The second-order valence-corrected chi connectivity index (χ2v) is 6.83. The first-order valence-corrected chi connectivity index (χ1v) is 8.77. The van der Waals surface area contributed by atoms with Crippen LogP contribution in [0.1, 0.15) is 21.3 Å². The molecule has 3 N–H and O–H groups in total. The van der Waals surface area contributed by atoms with Crippen molar-refractivity contribution >= 4 is 23.4 Å². The molecule has 0 bridgehead atoms. The quantitative estimate of drug-likeness (QED) is 0.679. The Morgan fingerprint density at radius 3 is 2.56 bits per heavy atom. The van der Waals surface area contributed by atoms with Crippen molar-refractivity contribution in [1.29, 1.82) is 0 Å². The van der Waals surface area contributed by atoms with Gasteiger partial charge in [-0.2, -0.15) is 0 Å². The highest BCUT2D eigenvalue weighted by molar-refractivity contribution is 7.99. The zero-order chi connectivity index (χ0) is 17.2. The molecule has 0 spiro atoms. The van der Waals surface area contributed by atoms with Gasteiger partial charge in [-0.25, -0.2) is 0 Å². The van der Waals surface area contributed by atoms with E-state index in [-0.39, 0.29) is 11.3 Å². The SMILES string of the molecule is Nc1ccc2c(c1)C(=O)NC(c1ccccc1Oc1ccccc1)S2. The molecule has 0 fully saturated rings. The summed E-state index contributed by atoms with van der Waals surface area (Å²) in [5, 5.41) is 2.81. The molecule has 0 radical (unpaired) electrons. The Labute approximate surface area is 150 Å². The number of anilines is 1. The van der Waals surface area contributed by atoms with Gasteiger partial charge in [-0.15, -0.1) is 0 Å². The summed E-state index contributed by atoms with van der Waals surface area (Å²) in [6, 6.07) is 22.8. The lowest BCUT2D eigenvalue weighted by molar-refractivity contribution is 0.0943. The molecule has 3 aromatic carbocycles. The monoisotopic (exact) mass is 348 g/mol. The molecule has 1 aliphatic rings. The summed E-state index contributed by atoms with van der Waals surface area (Å²) in [6.45, 7) is 0. The summed E-state index contributed by atoms with van der Waals surface area (Å²) < 4.78 is 6.02. The molecule has 25 heavy (non-hydrogen) atoms. The second kappa shape index (κ2) is 6.53. The van der Waals surface area contributed by atoms with Crippen LogP contribution >= 0.6 is 11.8 Å². The summed E-state index contributed by atoms with van der Waals surface area (Å²) in [5.41, 5.74) is 7.91. The molecule has 0 saturated heterocycles. The third kappa shape index (κ3) is 3.19. The summed E-state index contributed by atoms with van der Waals surface area (Å²) in [7, 11) is 0. The number of carbonyl (C=O) groups excluding carboxylic acids is 1. The zero-order valence-electron chi connectivity index (χ0n) is 13.3. The minimum Gasteiger partial charge on any atom is -0.457 e. The van der Waals surface area contributed by atoms with Gasteiger partial charge in [0.15, 0.2) is 0 Å². The van der Waals surface area contributed by atoms with E-state index in [4.69, 9.17) is 10.5 Å². The van der Waals surface area contributed by atoms with E-state index in [0.29, 0.717) is 11.3 Å². The maximum atomic E-state index is 12.5. The molecule has 0 aliphatic carbocycles. The van der Waals surface area contributed by atoms with Crippen molar-refractivity contribution in [2.24, 2.45) is 0 Å². The van der Waals surface area contributed by atoms with Gasteiger partial charge in [-0.05, 0) is 36.4 Å². The third-order valence-electron chi connectivity index (χ3n) is 3.93. The number of ether oxygens (including phenoxy) is 1. The van der Waals surface area contributed by atoms with E-state index < -0.39 is 0 Å². The molecule has 1 unspecified atom stereocenters. The Hall–Kier alpha value is -2.92. The third-order valence-corrected chi connectivity index (χ3v) is 5.15. The first-order chi connectivity index (χ1) is 12.2. The molecule has 1 heterocycles. The van der Waals surface area contributed by atoms with Crippen LogP contribution in [0, 0.1) is 0 Å². The molecule has 1 atom stereocenters. The molecule has 5 heteroatoms. The smallest absolute Gasteiger partial charge is 0.253 e. The molecule has 0 saturated carbocycles. The summed E-state index contributed by atoms with van der Waals surface area (Å²) >= 11 is 1.58. The number of nitrogen functional groups attached to an aromatic ring is 1. The minimum absolute atomic E-state index is 0.124. The number of hydrogen-bond donors (Lipinski definition) is 2. The van der Waals surface area contributed by atoms with Crippen LogP contribution in [0.3, 0.4) is 0 Å². The Morgan fingerprint density at radius 1 is 0.960 bits per heavy atom. The number of carbonyl (C=O) groups is 1. The van der Waals surface area contributed by atoms with Crippen molar-refractivity contribution in [3.05, 3.63) is 83.9 Å². The maximum absolute atomic E-state index is 12.5. The molecular weight excluding hydrogens is 332 g/mol. The van der Waals surface area contributed by atoms with Crippen molar-refractivity contribution in [2.75, 3.05) is 5.73 Å². The average molecular weight is 348 g/mol. The molecule has 3 aromatic rings. The van der Waals surface area contributed by atoms with Crippen LogP contribution in [-0.2, 0) is 0 Å². The first kappa shape index (κ1) is 15.6. The van der Waals surface area contributed by atoms with Crippen LogP contribution in [0.5, 0.6) is 11.5 Å². The Morgan fingerprint density at radius 2 is 1.72 bits per heavy atom. The fraction of sp³-hybridized carbons (Fsp3) is 0.0500. The van der Waals surface area contributed by atoms with Crippen LogP contribution in [0.25, 0.3) is 0 Å². The van der Waals surface area contributed by atoms with Gasteiger partial charge in [0.25, 0.3) is 5.91 Å². The van der Waals surface area contributed by atoms with Gasteiger partial charge in [0, 0.05) is 16.1 Å². The molecule has 4 nitrogen and oxygen atoms in total. The zero-order valence-corrected chi connectivity index (χ0v) is 14.1. The van der Waals surface area contributed by atoms with Crippen LogP contribution < -0.4 is 15.8 Å². The number of para-hydroxylation sites is 2. The predicted molar refractivity (Wildman–Crippen MR) is 99.9 cm³/mol. The van der Waals surface area contributed by atoms with E-state index in [1.54, 1.807) is 17.8 Å². The standard InChI is InChI=1S/C20H16N2O2S/c21-13-10-11-18-16(12-13)19(23)22-20(25-18)15-8-4-5-9-17(15)24-14-6-2-1-3-7-14/h1-12,20H,21H2,(H,22,23). The lowest BCUT2D eigenvalue weighted by Gasteiger charge is -2.26. The molecular formula is C20H16N2O2S. The van der Waals surface area contributed by atoms with Gasteiger partial charge in [-0.1, -0.05) is 48.2 Å². The molecule has 1 aliphatic heterocycles. The van der Waals surface area contributed by atoms with E-state index in [2.05, 4.69) is 5.32 Å². The number of nitrogens with one attached hydrogen (secondary N) is 1.